The maximum absolute atomic E-state index is 12.8. The van der Waals surface area contributed by atoms with Gasteiger partial charge in [-0.25, -0.2) is 0 Å². The molecule has 0 saturated heterocycles. The fourth-order valence-electron chi connectivity index (χ4n) is 2.58. The van der Waals surface area contributed by atoms with Gasteiger partial charge in [0.1, 0.15) is 0 Å². The Balaban J connectivity index is 2.12. The second-order valence-electron chi connectivity index (χ2n) is 4.96. The van der Waals surface area contributed by atoms with E-state index in [1.54, 1.807) is 30.5 Å². The van der Waals surface area contributed by atoms with E-state index in [2.05, 4.69) is 0 Å². The van der Waals surface area contributed by atoms with Crippen molar-refractivity contribution >= 4 is 23.1 Å². The summed E-state index contributed by atoms with van der Waals surface area (Å²) in [6.45, 7) is 0. The highest BCUT2D eigenvalue weighted by molar-refractivity contribution is 6.07. The number of aldehydes is 1. The number of fused-ring (bicyclic) bond motifs is 1. The molecule has 5 heteroatoms. The number of aromatic nitrogens is 1. The predicted molar refractivity (Wildman–Crippen MR) is 86.6 cm³/mol. The van der Waals surface area contributed by atoms with Crippen LogP contribution in [0.3, 0.4) is 0 Å². The molecule has 2 aromatic carbocycles. The molecule has 0 amide bonds. The number of nitrogens with zero attached hydrogens (tertiary/aromatic N) is 1. The average molecular weight is 309 g/mol. The monoisotopic (exact) mass is 309 g/mol. The Bertz CT molecular complexity index is 895. The number of hydrogen-bond donors (Lipinski definition) is 0. The highest BCUT2D eigenvalue weighted by Crippen LogP contribution is 2.29. The third-order valence-corrected chi connectivity index (χ3v) is 3.72. The molecule has 0 unspecified atom stereocenters. The molecule has 0 bridgehead atoms. The molecule has 0 aliphatic rings. The van der Waals surface area contributed by atoms with Gasteiger partial charge in [0.05, 0.1) is 19.7 Å². The van der Waals surface area contributed by atoms with E-state index < -0.39 is 0 Å². The fourth-order valence-corrected chi connectivity index (χ4v) is 2.58. The van der Waals surface area contributed by atoms with Crippen molar-refractivity contribution in [2.24, 2.45) is 0 Å². The molecule has 116 valence electrons. The van der Waals surface area contributed by atoms with Gasteiger partial charge in [0.25, 0.3) is 5.91 Å². The van der Waals surface area contributed by atoms with Crippen LogP contribution >= 0.6 is 0 Å². The summed E-state index contributed by atoms with van der Waals surface area (Å²) in [4.78, 5) is 24.0. The molecular formula is C18H15NO4. The molecule has 0 fully saturated rings. The summed E-state index contributed by atoms with van der Waals surface area (Å²) in [5.74, 6) is 0.788. The van der Waals surface area contributed by atoms with Gasteiger partial charge in [-0.3, -0.25) is 14.2 Å². The number of ether oxygens (including phenoxy) is 2. The molecule has 5 nitrogen and oxygen atoms in total. The summed E-state index contributed by atoms with van der Waals surface area (Å²) in [7, 11) is 3.05. The third-order valence-electron chi connectivity index (χ3n) is 3.72. The topological polar surface area (TPSA) is 57.5 Å². The normalized spacial score (nSPS) is 10.5. The van der Waals surface area contributed by atoms with E-state index in [0.717, 1.165) is 11.7 Å². The summed E-state index contributed by atoms with van der Waals surface area (Å²) in [5, 5.41) is 0.747. The largest absolute Gasteiger partial charge is 0.493 e. The van der Waals surface area contributed by atoms with Crippen LogP contribution in [0.5, 0.6) is 11.5 Å². The predicted octanol–water partition coefficient (Wildman–Crippen LogP) is 3.16. The minimum atomic E-state index is -0.241. The van der Waals surface area contributed by atoms with Crippen molar-refractivity contribution < 1.29 is 19.1 Å². The van der Waals surface area contributed by atoms with Crippen molar-refractivity contribution in [3.8, 4) is 11.5 Å². The number of carbonyl (C=O) groups excluding carboxylic acids is 2. The fraction of sp³-hybridized carbons (Fsp3) is 0.111. The standard InChI is InChI=1S/C18H15NO4/c1-22-16-8-7-12(9-17(16)23-2)18(21)19-10-13(11-20)14-5-3-4-6-15(14)19/h3-11H,1-2H3. The van der Waals surface area contributed by atoms with Gasteiger partial charge in [0.2, 0.25) is 0 Å². The third kappa shape index (κ3) is 2.46. The van der Waals surface area contributed by atoms with Crippen molar-refractivity contribution in [1.29, 1.82) is 0 Å². The molecule has 0 spiro atoms. The number of benzene rings is 2. The average Bonchev–Trinajstić information content (AvgIpc) is 2.99. The first-order chi connectivity index (χ1) is 11.2. The Labute approximate surface area is 133 Å². The van der Waals surface area contributed by atoms with Gasteiger partial charge in [0.15, 0.2) is 17.8 Å². The second kappa shape index (κ2) is 5.96. The number of hydrogen-bond acceptors (Lipinski definition) is 4. The van der Waals surface area contributed by atoms with Gasteiger partial charge in [-0.05, 0) is 24.3 Å². The van der Waals surface area contributed by atoms with E-state index in [1.165, 1.54) is 18.8 Å². The maximum atomic E-state index is 12.8. The highest BCUT2D eigenvalue weighted by atomic mass is 16.5. The molecule has 0 aliphatic heterocycles. The van der Waals surface area contributed by atoms with E-state index in [0.29, 0.717) is 28.1 Å². The van der Waals surface area contributed by atoms with Crippen LogP contribution in [0.1, 0.15) is 20.7 Å². The van der Waals surface area contributed by atoms with Crippen molar-refractivity contribution in [3.05, 3.63) is 59.8 Å². The highest BCUT2D eigenvalue weighted by Gasteiger charge is 2.16. The molecule has 1 aromatic heterocycles. The minimum absolute atomic E-state index is 0.241. The van der Waals surface area contributed by atoms with Crippen LogP contribution in [0.4, 0.5) is 0 Å². The summed E-state index contributed by atoms with van der Waals surface area (Å²) in [6, 6.07) is 12.3. The van der Waals surface area contributed by atoms with E-state index in [1.807, 2.05) is 18.2 Å². The second-order valence-corrected chi connectivity index (χ2v) is 4.96. The van der Waals surface area contributed by atoms with Crippen molar-refractivity contribution in [1.82, 2.24) is 4.57 Å². The number of methoxy groups -OCH3 is 2. The van der Waals surface area contributed by atoms with E-state index >= 15 is 0 Å². The molecule has 1 heterocycles. The molecule has 0 atom stereocenters. The van der Waals surface area contributed by atoms with E-state index in [-0.39, 0.29) is 5.91 Å². The minimum Gasteiger partial charge on any atom is -0.493 e. The molecule has 3 aromatic rings. The summed E-state index contributed by atoms with van der Waals surface area (Å²) in [5.41, 5.74) is 1.62. The molecule has 0 N–H and O–H groups in total. The lowest BCUT2D eigenvalue weighted by molar-refractivity contribution is 0.0964. The van der Waals surface area contributed by atoms with Crippen LogP contribution in [-0.2, 0) is 0 Å². The molecule has 23 heavy (non-hydrogen) atoms. The van der Waals surface area contributed by atoms with Gasteiger partial charge < -0.3 is 9.47 Å². The van der Waals surface area contributed by atoms with Gasteiger partial charge in [-0.1, -0.05) is 18.2 Å². The van der Waals surface area contributed by atoms with Crippen LogP contribution < -0.4 is 9.47 Å². The van der Waals surface area contributed by atoms with Crippen LogP contribution in [0, 0.1) is 0 Å². The smallest absolute Gasteiger partial charge is 0.262 e. The Morgan fingerprint density at radius 2 is 1.78 bits per heavy atom. The molecular weight excluding hydrogens is 294 g/mol. The maximum Gasteiger partial charge on any atom is 0.262 e. The molecule has 0 saturated carbocycles. The van der Waals surface area contributed by atoms with Crippen molar-refractivity contribution in [3.63, 3.8) is 0 Å². The SMILES string of the molecule is COc1ccc(C(=O)n2cc(C=O)c3ccccc32)cc1OC. The van der Waals surface area contributed by atoms with Crippen molar-refractivity contribution in [2.75, 3.05) is 14.2 Å². The first-order valence-electron chi connectivity index (χ1n) is 7.01. The van der Waals surface area contributed by atoms with Gasteiger partial charge in [-0.15, -0.1) is 0 Å². The van der Waals surface area contributed by atoms with Gasteiger partial charge >= 0.3 is 0 Å². The first kappa shape index (κ1) is 14.8. The molecule has 0 aliphatic carbocycles. The summed E-state index contributed by atoms with van der Waals surface area (Å²) < 4.78 is 11.9. The zero-order valence-electron chi connectivity index (χ0n) is 12.8. The lowest BCUT2D eigenvalue weighted by Crippen LogP contribution is -2.11. The lowest BCUT2D eigenvalue weighted by atomic mass is 10.1. The zero-order chi connectivity index (χ0) is 16.4. The number of carbonyl (C=O) groups is 2. The molecule has 0 radical (unpaired) electrons. The van der Waals surface area contributed by atoms with E-state index in [4.69, 9.17) is 9.47 Å². The summed E-state index contributed by atoms with van der Waals surface area (Å²) in [6.07, 6.45) is 2.30. The van der Waals surface area contributed by atoms with Crippen LogP contribution in [-0.4, -0.2) is 31.0 Å². The van der Waals surface area contributed by atoms with Gasteiger partial charge in [0, 0.05) is 22.7 Å². The molecule has 3 rings (SSSR count). The quantitative estimate of drug-likeness (QED) is 0.695. The van der Waals surface area contributed by atoms with Crippen LogP contribution in [0.25, 0.3) is 10.9 Å². The number of para-hydroxylation sites is 1. The Morgan fingerprint density at radius 3 is 2.48 bits per heavy atom. The first-order valence-corrected chi connectivity index (χ1v) is 7.01. The van der Waals surface area contributed by atoms with Crippen molar-refractivity contribution in [2.45, 2.75) is 0 Å². The van der Waals surface area contributed by atoms with Gasteiger partial charge in [-0.2, -0.15) is 0 Å². The Hall–Kier alpha value is -3.08. The van der Waals surface area contributed by atoms with E-state index in [9.17, 15) is 9.59 Å². The number of rotatable bonds is 4. The summed E-state index contributed by atoms with van der Waals surface area (Å²) >= 11 is 0. The Kier molecular flexibility index (Phi) is 3.85. The van der Waals surface area contributed by atoms with Crippen LogP contribution in [0.2, 0.25) is 0 Å². The Morgan fingerprint density at radius 1 is 1.04 bits per heavy atom. The lowest BCUT2D eigenvalue weighted by Gasteiger charge is -2.10. The zero-order valence-corrected chi connectivity index (χ0v) is 12.8. The van der Waals surface area contributed by atoms with Crippen LogP contribution in [0.15, 0.2) is 48.7 Å².